The zero-order valence-electron chi connectivity index (χ0n) is 17.5. The van der Waals surface area contributed by atoms with Crippen LogP contribution in [0.5, 0.6) is 0 Å². The van der Waals surface area contributed by atoms with Crippen LogP contribution in [0.1, 0.15) is 72.1 Å². The first-order valence-electron chi connectivity index (χ1n) is 11.1. The van der Waals surface area contributed by atoms with Gasteiger partial charge in [-0.2, -0.15) is 0 Å². The van der Waals surface area contributed by atoms with E-state index >= 15 is 0 Å². The van der Waals surface area contributed by atoms with E-state index in [0.717, 1.165) is 31.1 Å². The van der Waals surface area contributed by atoms with E-state index in [4.69, 9.17) is 14.2 Å². The van der Waals surface area contributed by atoms with Gasteiger partial charge < -0.3 is 14.2 Å². The molecule has 1 saturated heterocycles. The quantitative estimate of drug-likeness (QED) is 0.540. The van der Waals surface area contributed by atoms with E-state index in [2.05, 4.69) is 13.8 Å². The van der Waals surface area contributed by atoms with Crippen molar-refractivity contribution in [2.24, 2.45) is 34.5 Å². The summed E-state index contributed by atoms with van der Waals surface area (Å²) in [7, 11) is 1.70. The molecule has 0 aromatic rings. The smallest absolute Gasteiger partial charge is 0.146 e. The average Bonchev–Trinajstić information content (AvgIpc) is 3.20. The highest BCUT2D eigenvalue weighted by Crippen LogP contribution is 2.74. The molecule has 27 heavy (non-hydrogen) atoms. The number of carbonyl (C=O) groups excluding carboxylic acids is 1. The predicted octanol–water partition coefficient (Wildman–Crippen LogP) is 4.35. The van der Waals surface area contributed by atoms with Gasteiger partial charge in [0.05, 0.1) is 12.2 Å². The van der Waals surface area contributed by atoms with Gasteiger partial charge in [-0.05, 0) is 75.0 Å². The van der Waals surface area contributed by atoms with Crippen LogP contribution in [-0.2, 0) is 19.0 Å². The van der Waals surface area contributed by atoms with Crippen LogP contribution < -0.4 is 0 Å². The molecule has 0 aromatic carbocycles. The molecule has 1 heterocycles. The molecule has 1 spiro atoms. The Hall–Kier alpha value is -0.450. The van der Waals surface area contributed by atoms with E-state index in [1.807, 2.05) is 6.92 Å². The first-order valence-corrected chi connectivity index (χ1v) is 11.1. The molecule has 5 aliphatic rings. The zero-order valence-corrected chi connectivity index (χ0v) is 17.5. The number of hydrogen-bond donors (Lipinski definition) is 0. The molecule has 4 aliphatic carbocycles. The SMILES string of the molecule is COCO[C@H]1CC[C@]2(C)C3CC[C@]4(C)C(C(C)=O)CCC4C3C[C@H]3O[C@]32C1. The number of ketones is 1. The summed E-state index contributed by atoms with van der Waals surface area (Å²) in [5.41, 5.74) is 0.567. The van der Waals surface area contributed by atoms with E-state index in [1.165, 1.54) is 32.1 Å². The van der Waals surface area contributed by atoms with Gasteiger partial charge in [0.2, 0.25) is 0 Å². The highest BCUT2D eigenvalue weighted by atomic mass is 16.7. The van der Waals surface area contributed by atoms with Crippen LogP contribution in [0.15, 0.2) is 0 Å². The number of rotatable bonds is 4. The molecule has 0 N–H and O–H groups in total. The Bertz CT molecular complexity index is 634. The summed E-state index contributed by atoms with van der Waals surface area (Å²) in [5.74, 6) is 2.93. The molecule has 0 amide bonds. The summed E-state index contributed by atoms with van der Waals surface area (Å²) in [5, 5.41) is 0. The Balaban J connectivity index is 1.40. The van der Waals surface area contributed by atoms with Crippen molar-refractivity contribution in [2.45, 2.75) is 89.9 Å². The Morgan fingerprint density at radius 2 is 1.93 bits per heavy atom. The third kappa shape index (κ3) is 2.36. The van der Waals surface area contributed by atoms with Gasteiger partial charge in [0, 0.05) is 24.9 Å². The van der Waals surface area contributed by atoms with Gasteiger partial charge in [0.25, 0.3) is 0 Å². The highest BCUT2D eigenvalue weighted by Gasteiger charge is 2.76. The fraction of sp³-hybridized carbons (Fsp3) is 0.957. The third-order valence-electron chi connectivity index (χ3n) is 9.95. The van der Waals surface area contributed by atoms with Gasteiger partial charge in [-0.25, -0.2) is 0 Å². The van der Waals surface area contributed by atoms with Crippen molar-refractivity contribution in [2.75, 3.05) is 13.9 Å². The summed E-state index contributed by atoms with van der Waals surface area (Å²) < 4.78 is 17.6. The molecule has 4 unspecified atom stereocenters. The fourth-order valence-electron chi connectivity index (χ4n) is 8.61. The molecular weight excluding hydrogens is 340 g/mol. The topological polar surface area (TPSA) is 48.1 Å². The molecule has 152 valence electrons. The minimum absolute atomic E-state index is 0.0527. The lowest BCUT2D eigenvalue weighted by Gasteiger charge is -2.59. The molecule has 1 aliphatic heterocycles. The monoisotopic (exact) mass is 376 g/mol. The molecule has 0 aromatic heterocycles. The number of epoxide rings is 1. The van der Waals surface area contributed by atoms with Crippen molar-refractivity contribution in [3.8, 4) is 0 Å². The maximum atomic E-state index is 12.3. The number of Topliss-reactive ketones (excluding diaryl/α,β-unsaturated/α-hetero) is 1. The van der Waals surface area contributed by atoms with Gasteiger partial charge in [-0.3, -0.25) is 4.79 Å². The fourth-order valence-corrected chi connectivity index (χ4v) is 8.61. The maximum Gasteiger partial charge on any atom is 0.146 e. The molecule has 4 heteroatoms. The summed E-state index contributed by atoms with van der Waals surface area (Å²) in [6.45, 7) is 7.17. The van der Waals surface area contributed by atoms with E-state index in [9.17, 15) is 4.79 Å². The number of hydrogen-bond acceptors (Lipinski definition) is 4. The minimum atomic E-state index is 0.0527. The Kier molecular flexibility index (Phi) is 4.14. The van der Waals surface area contributed by atoms with E-state index < -0.39 is 0 Å². The normalized spacial score (nSPS) is 55.9. The molecule has 4 nitrogen and oxygen atoms in total. The van der Waals surface area contributed by atoms with Crippen molar-refractivity contribution in [3.63, 3.8) is 0 Å². The van der Waals surface area contributed by atoms with Crippen molar-refractivity contribution in [3.05, 3.63) is 0 Å². The Morgan fingerprint density at radius 1 is 1.11 bits per heavy atom. The van der Waals surface area contributed by atoms with Crippen LogP contribution in [0.2, 0.25) is 0 Å². The predicted molar refractivity (Wildman–Crippen MR) is 102 cm³/mol. The van der Waals surface area contributed by atoms with Gasteiger partial charge >= 0.3 is 0 Å². The van der Waals surface area contributed by atoms with E-state index in [1.54, 1.807) is 7.11 Å². The van der Waals surface area contributed by atoms with E-state index in [0.29, 0.717) is 30.5 Å². The average molecular weight is 377 g/mol. The molecule has 0 radical (unpaired) electrons. The first-order chi connectivity index (χ1) is 12.9. The number of methoxy groups -OCH3 is 1. The summed E-state index contributed by atoms with van der Waals surface area (Å²) in [6, 6.07) is 0. The molecular formula is C23H36O4. The van der Waals surface area contributed by atoms with Crippen LogP contribution in [0.25, 0.3) is 0 Å². The van der Waals surface area contributed by atoms with Crippen LogP contribution in [-0.4, -0.2) is 37.5 Å². The molecule has 0 bridgehead atoms. The zero-order chi connectivity index (χ0) is 19.0. The van der Waals surface area contributed by atoms with Crippen molar-refractivity contribution >= 4 is 5.78 Å². The van der Waals surface area contributed by atoms with Gasteiger partial charge in [0.1, 0.15) is 18.2 Å². The lowest BCUT2D eigenvalue weighted by molar-refractivity contribution is -0.147. The Labute approximate surface area is 163 Å². The van der Waals surface area contributed by atoms with Crippen molar-refractivity contribution in [1.82, 2.24) is 0 Å². The van der Waals surface area contributed by atoms with Gasteiger partial charge in [-0.1, -0.05) is 13.8 Å². The van der Waals surface area contributed by atoms with Gasteiger partial charge in [0.15, 0.2) is 0 Å². The summed E-state index contributed by atoms with van der Waals surface area (Å²) in [4.78, 5) is 12.3. The van der Waals surface area contributed by atoms with Crippen molar-refractivity contribution in [1.29, 1.82) is 0 Å². The van der Waals surface area contributed by atoms with Crippen LogP contribution in [0.3, 0.4) is 0 Å². The lowest BCUT2D eigenvalue weighted by atomic mass is 9.44. The molecule has 5 fully saturated rings. The third-order valence-corrected chi connectivity index (χ3v) is 9.95. The molecule has 9 atom stereocenters. The first kappa shape index (κ1) is 18.6. The minimum Gasteiger partial charge on any atom is -0.365 e. The standard InChI is InChI=1S/C23H36O4/c1-14(24)17-5-6-18-16-11-20-23(27-20)12-15(26-13-25-4)7-10-22(23,3)19(16)8-9-21(17,18)2/h15-20H,5-13H2,1-4H3/t15-,16?,17?,18?,19?,20+,21+,22+,23+/m0/s1. The number of ether oxygens (including phenoxy) is 3. The Morgan fingerprint density at radius 3 is 2.67 bits per heavy atom. The number of carbonyl (C=O) groups is 1. The summed E-state index contributed by atoms with van der Waals surface area (Å²) >= 11 is 0. The second kappa shape index (κ2) is 6.03. The maximum absolute atomic E-state index is 12.3. The summed E-state index contributed by atoms with van der Waals surface area (Å²) in [6.07, 6.45) is 10.1. The molecule has 4 saturated carbocycles. The molecule has 5 rings (SSSR count). The lowest BCUT2D eigenvalue weighted by Crippen LogP contribution is -2.58. The van der Waals surface area contributed by atoms with Crippen LogP contribution >= 0.6 is 0 Å². The highest BCUT2D eigenvalue weighted by molar-refractivity contribution is 5.79. The van der Waals surface area contributed by atoms with Crippen LogP contribution in [0, 0.1) is 34.5 Å². The second-order valence-corrected chi connectivity index (χ2v) is 10.7. The number of fused-ring (bicyclic) bond motifs is 4. The second-order valence-electron chi connectivity index (χ2n) is 10.7. The largest absolute Gasteiger partial charge is 0.365 e. The van der Waals surface area contributed by atoms with Gasteiger partial charge in [-0.15, -0.1) is 0 Å². The van der Waals surface area contributed by atoms with E-state index in [-0.39, 0.29) is 22.5 Å². The van der Waals surface area contributed by atoms with Crippen LogP contribution in [0.4, 0.5) is 0 Å². The van der Waals surface area contributed by atoms with Crippen molar-refractivity contribution < 1.29 is 19.0 Å².